The van der Waals surface area contributed by atoms with E-state index in [9.17, 15) is 4.79 Å². The lowest BCUT2D eigenvalue weighted by Gasteiger charge is -2.59. The summed E-state index contributed by atoms with van der Waals surface area (Å²) in [5.74, 6) is -0.236. The first-order chi connectivity index (χ1) is 9.94. The zero-order valence-electron chi connectivity index (χ0n) is 13.9. The number of alkyl halides is 3. The van der Waals surface area contributed by atoms with Crippen LogP contribution in [0.2, 0.25) is 0 Å². The Morgan fingerprint density at radius 1 is 1.32 bits per heavy atom. The molecule has 0 amide bonds. The van der Waals surface area contributed by atoms with Gasteiger partial charge in [-0.15, -0.1) is 11.6 Å². The maximum absolute atomic E-state index is 11.4. The van der Waals surface area contributed by atoms with E-state index in [2.05, 4.69) is 65.6 Å². The molecule has 0 bridgehead atoms. The number of allylic oxidation sites excluding steroid dienone is 1. The Balaban J connectivity index is 2.42. The van der Waals surface area contributed by atoms with Crippen molar-refractivity contribution in [1.82, 2.24) is 0 Å². The molecule has 0 aromatic carbocycles. The molecular formula is C17H25Br2ClO2. The lowest BCUT2D eigenvalue weighted by molar-refractivity contribution is -0.146. The minimum atomic E-state index is -0.236. The Bertz CT molecular complexity index is 501. The fourth-order valence-electron chi connectivity index (χ4n) is 4.14. The van der Waals surface area contributed by atoms with Crippen molar-refractivity contribution in [2.24, 2.45) is 10.8 Å². The van der Waals surface area contributed by atoms with Gasteiger partial charge in [-0.2, -0.15) is 0 Å². The van der Waals surface area contributed by atoms with Crippen LogP contribution in [0.1, 0.15) is 53.9 Å². The second-order valence-electron chi connectivity index (χ2n) is 7.58. The topological polar surface area (TPSA) is 26.3 Å². The average molecular weight is 457 g/mol. The van der Waals surface area contributed by atoms with Crippen LogP contribution < -0.4 is 0 Å². The minimum Gasteiger partial charge on any atom is -0.457 e. The van der Waals surface area contributed by atoms with Crippen LogP contribution in [-0.4, -0.2) is 26.6 Å². The maximum Gasteiger partial charge on any atom is 0.303 e. The van der Waals surface area contributed by atoms with Gasteiger partial charge in [0.25, 0.3) is 0 Å². The Morgan fingerprint density at radius 3 is 2.41 bits per heavy atom. The number of halogens is 3. The number of carbonyl (C=O) groups excluding carboxylic acids is 1. The van der Waals surface area contributed by atoms with E-state index >= 15 is 0 Å². The van der Waals surface area contributed by atoms with E-state index in [4.69, 9.17) is 16.3 Å². The Kier molecular flexibility index (Phi) is 5.19. The molecule has 1 saturated carbocycles. The number of ether oxygens (including phenoxy) is 1. The molecule has 2 aliphatic rings. The largest absolute Gasteiger partial charge is 0.457 e. The molecule has 5 atom stereocenters. The van der Waals surface area contributed by atoms with Gasteiger partial charge in [0.15, 0.2) is 0 Å². The number of esters is 1. The lowest BCUT2D eigenvalue weighted by Crippen LogP contribution is -2.57. The number of hydrogen-bond acceptors (Lipinski definition) is 2. The summed E-state index contributed by atoms with van der Waals surface area (Å²) in [5, 5.41) is 0. The Morgan fingerprint density at radius 2 is 1.91 bits per heavy atom. The van der Waals surface area contributed by atoms with Crippen molar-refractivity contribution in [3.63, 3.8) is 0 Å². The Hall–Kier alpha value is 0.460. The highest BCUT2D eigenvalue weighted by Gasteiger charge is 2.58. The number of rotatable bonds is 1. The lowest BCUT2D eigenvalue weighted by atomic mass is 9.50. The van der Waals surface area contributed by atoms with Gasteiger partial charge in [0.05, 0.1) is 9.70 Å². The van der Waals surface area contributed by atoms with E-state index in [0.717, 1.165) is 19.3 Å². The summed E-state index contributed by atoms with van der Waals surface area (Å²) in [4.78, 5) is 11.5. The van der Waals surface area contributed by atoms with E-state index < -0.39 is 0 Å². The van der Waals surface area contributed by atoms with Gasteiger partial charge in [-0.1, -0.05) is 51.3 Å². The third-order valence-electron chi connectivity index (χ3n) is 5.90. The van der Waals surface area contributed by atoms with Crippen LogP contribution in [0.4, 0.5) is 0 Å². The molecule has 2 nitrogen and oxygen atoms in total. The molecule has 0 saturated heterocycles. The van der Waals surface area contributed by atoms with Crippen LogP contribution in [0.3, 0.4) is 0 Å². The van der Waals surface area contributed by atoms with Crippen LogP contribution in [0.15, 0.2) is 11.6 Å². The summed E-state index contributed by atoms with van der Waals surface area (Å²) in [6.07, 6.45) is 4.94. The van der Waals surface area contributed by atoms with Crippen molar-refractivity contribution in [2.45, 2.75) is 74.5 Å². The molecule has 0 unspecified atom stereocenters. The monoisotopic (exact) mass is 454 g/mol. The van der Waals surface area contributed by atoms with Gasteiger partial charge in [0.2, 0.25) is 0 Å². The minimum absolute atomic E-state index is 0.0364. The predicted octanol–water partition coefficient (Wildman–Crippen LogP) is 5.60. The Labute approximate surface area is 155 Å². The van der Waals surface area contributed by atoms with E-state index in [1.54, 1.807) is 0 Å². The second kappa shape index (κ2) is 6.07. The van der Waals surface area contributed by atoms with Gasteiger partial charge >= 0.3 is 5.97 Å². The van der Waals surface area contributed by atoms with Crippen molar-refractivity contribution in [3.8, 4) is 0 Å². The van der Waals surface area contributed by atoms with E-state index in [0.29, 0.717) is 0 Å². The van der Waals surface area contributed by atoms with Crippen LogP contribution >= 0.6 is 43.5 Å². The first-order valence-electron chi connectivity index (χ1n) is 7.77. The highest BCUT2D eigenvalue weighted by molar-refractivity contribution is 9.09. The van der Waals surface area contributed by atoms with Gasteiger partial charge in [-0.3, -0.25) is 4.79 Å². The summed E-state index contributed by atoms with van der Waals surface area (Å²) >= 11 is 14.3. The van der Waals surface area contributed by atoms with Gasteiger partial charge in [-0.25, -0.2) is 0 Å². The van der Waals surface area contributed by atoms with Crippen LogP contribution in [0, 0.1) is 10.8 Å². The first-order valence-corrected chi connectivity index (χ1v) is 9.98. The quantitative estimate of drug-likeness (QED) is 0.292. The molecule has 0 aromatic heterocycles. The fourth-order valence-corrected chi connectivity index (χ4v) is 5.79. The molecule has 2 aliphatic carbocycles. The van der Waals surface area contributed by atoms with Crippen molar-refractivity contribution < 1.29 is 9.53 Å². The molecule has 1 spiro atoms. The molecule has 0 aromatic rings. The van der Waals surface area contributed by atoms with E-state index in [-0.39, 0.29) is 37.4 Å². The number of hydrogen-bond donors (Lipinski definition) is 0. The van der Waals surface area contributed by atoms with Crippen LogP contribution in [0.5, 0.6) is 0 Å². The summed E-state index contributed by atoms with van der Waals surface area (Å²) in [6, 6.07) is 0. The van der Waals surface area contributed by atoms with Crippen LogP contribution in [0.25, 0.3) is 0 Å². The maximum atomic E-state index is 11.4. The fraction of sp³-hybridized carbons (Fsp3) is 0.824. The molecule has 0 N–H and O–H groups in total. The molecule has 0 aliphatic heterocycles. The van der Waals surface area contributed by atoms with Crippen molar-refractivity contribution in [3.05, 3.63) is 11.6 Å². The van der Waals surface area contributed by atoms with Crippen molar-refractivity contribution in [2.75, 3.05) is 0 Å². The summed E-state index contributed by atoms with van der Waals surface area (Å²) < 4.78 is 5.51. The molecule has 2 rings (SSSR count). The normalized spacial score (nSPS) is 44.5. The molecule has 126 valence electrons. The first kappa shape index (κ1) is 18.8. The van der Waals surface area contributed by atoms with E-state index in [1.807, 2.05) is 0 Å². The third-order valence-corrected chi connectivity index (χ3v) is 9.62. The smallest absolute Gasteiger partial charge is 0.303 e. The molecule has 0 heterocycles. The molecule has 5 heteroatoms. The molecule has 0 radical (unpaired) electrons. The van der Waals surface area contributed by atoms with E-state index in [1.165, 1.54) is 12.5 Å². The number of carbonyl (C=O) groups is 1. The zero-order valence-corrected chi connectivity index (χ0v) is 17.8. The molecule has 1 fully saturated rings. The third kappa shape index (κ3) is 2.93. The average Bonchev–Trinajstić information content (AvgIpc) is 2.38. The van der Waals surface area contributed by atoms with Gasteiger partial charge in [-0.05, 0) is 50.0 Å². The molecular weight excluding hydrogens is 431 g/mol. The molecule has 22 heavy (non-hydrogen) atoms. The standard InChI is InChI=1S/C17H25Br2ClO2/c1-10-8-12(22-11(2)21)14(19)15(3,4)17(10)7-6-16(5,20)13(18)9-17/h8,12-14H,6-7,9H2,1-5H3/t12-,13+,14+,16+,17-/m1/s1. The van der Waals surface area contributed by atoms with Crippen molar-refractivity contribution in [1.29, 1.82) is 0 Å². The SMILES string of the molecule is CC(=O)O[C@@H]1C=C(C)[C@]2(CC[C@](C)(Cl)[C@@H](Br)C2)C(C)(C)[C@H]1Br. The second-order valence-corrected chi connectivity index (χ2v) is 10.5. The summed E-state index contributed by atoms with van der Waals surface area (Å²) in [7, 11) is 0. The highest BCUT2D eigenvalue weighted by atomic mass is 79.9. The van der Waals surface area contributed by atoms with Gasteiger partial charge in [0, 0.05) is 11.8 Å². The van der Waals surface area contributed by atoms with Crippen LogP contribution in [-0.2, 0) is 9.53 Å². The highest BCUT2D eigenvalue weighted by Crippen LogP contribution is 2.63. The summed E-state index contributed by atoms with van der Waals surface area (Å²) in [6.45, 7) is 10.3. The van der Waals surface area contributed by atoms with Gasteiger partial charge in [0.1, 0.15) is 6.10 Å². The van der Waals surface area contributed by atoms with Crippen molar-refractivity contribution >= 4 is 49.4 Å². The van der Waals surface area contributed by atoms with Gasteiger partial charge < -0.3 is 4.74 Å². The summed E-state index contributed by atoms with van der Waals surface area (Å²) in [5.41, 5.74) is 1.35. The predicted molar refractivity (Wildman–Crippen MR) is 99.1 cm³/mol. The zero-order chi connectivity index (χ0) is 16.9.